The van der Waals surface area contributed by atoms with Crippen molar-refractivity contribution in [3.63, 3.8) is 0 Å². The van der Waals surface area contributed by atoms with Gasteiger partial charge in [0.15, 0.2) is 0 Å². The van der Waals surface area contributed by atoms with Gasteiger partial charge in [-0.3, -0.25) is 4.99 Å². The highest BCUT2D eigenvalue weighted by Crippen LogP contribution is 2.20. The zero-order valence-electron chi connectivity index (χ0n) is 13.5. The molecule has 128 valence electrons. The van der Waals surface area contributed by atoms with Gasteiger partial charge in [-0.25, -0.2) is 8.42 Å². The van der Waals surface area contributed by atoms with Crippen LogP contribution in [0.1, 0.15) is 11.1 Å². The first-order valence-electron chi connectivity index (χ1n) is 7.82. The molecule has 0 radical (unpaired) electrons. The van der Waals surface area contributed by atoms with Crippen molar-refractivity contribution in [2.75, 3.05) is 26.3 Å². The van der Waals surface area contributed by atoms with Crippen LogP contribution in [-0.4, -0.2) is 45.2 Å². The molecule has 3 rings (SSSR count). The lowest BCUT2D eigenvalue weighted by molar-refractivity contribution is 0.0730. The Morgan fingerprint density at radius 3 is 2.28 bits per heavy atom. The topological polar surface area (TPSA) is 82.8 Å². The third-order valence-corrected chi connectivity index (χ3v) is 5.76. The van der Waals surface area contributed by atoms with Crippen LogP contribution in [-0.2, 0) is 14.8 Å². The number of sulfonamides is 1. The molecular weight excluding hydrogens is 338 g/mol. The first-order chi connectivity index (χ1) is 12.1. The fourth-order valence-corrected chi connectivity index (χ4v) is 3.84. The molecule has 0 saturated carbocycles. The highest BCUT2D eigenvalue weighted by Gasteiger charge is 2.25. The van der Waals surface area contributed by atoms with Crippen LogP contribution >= 0.6 is 0 Å². The van der Waals surface area contributed by atoms with Gasteiger partial charge in [-0.1, -0.05) is 12.1 Å². The number of ether oxygens (including phenoxy) is 1. The van der Waals surface area contributed by atoms with Crippen LogP contribution in [0.15, 0.2) is 58.4 Å². The molecule has 0 amide bonds. The molecule has 2 aromatic carbocycles. The predicted molar refractivity (Wildman–Crippen MR) is 94.4 cm³/mol. The third kappa shape index (κ3) is 4.12. The number of benzene rings is 2. The van der Waals surface area contributed by atoms with E-state index in [4.69, 9.17) is 10.00 Å². The summed E-state index contributed by atoms with van der Waals surface area (Å²) < 4.78 is 31.7. The van der Waals surface area contributed by atoms with E-state index in [1.165, 1.54) is 4.31 Å². The van der Waals surface area contributed by atoms with Crippen molar-refractivity contribution < 1.29 is 13.2 Å². The summed E-state index contributed by atoms with van der Waals surface area (Å²) in [5.41, 5.74) is 2.11. The Labute approximate surface area is 147 Å². The van der Waals surface area contributed by atoms with E-state index < -0.39 is 10.0 Å². The number of hydrogen-bond donors (Lipinski definition) is 0. The second-order valence-electron chi connectivity index (χ2n) is 5.50. The van der Waals surface area contributed by atoms with E-state index >= 15 is 0 Å². The molecule has 1 aliphatic heterocycles. The number of aliphatic imine (C=N–C) groups is 1. The lowest BCUT2D eigenvalue weighted by Crippen LogP contribution is -2.40. The normalized spacial score (nSPS) is 16.0. The van der Waals surface area contributed by atoms with Crippen molar-refractivity contribution in [3.05, 3.63) is 59.7 Å². The molecule has 1 aliphatic rings. The molecule has 0 spiro atoms. The van der Waals surface area contributed by atoms with E-state index in [0.29, 0.717) is 37.6 Å². The quantitative estimate of drug-likeness (QED) is 0.788. The zero-order chi connectivity index (χ0) is 17.7. The Bertz CT molecular complexity index is 892. The van der Waals surface area contributed by atoms with Gasteiger partial charge < -0.3 is 4.74 Å². The van der Waals surface area contributed by atoms with Crippen LogP contribution in [0.2, 0.25) is 0 Å². The summed E-state index contributed by atoms with van der Waals surface area (Å²) in [4.78, 5) is 4.59. The third-order valence-electron chi connectivity index (χ3n) is 3.85. The van der Waals surface area contributed by atoms with E-state index in [1.807, 2.05) is 0 Å². The lowest BCUT2D eigenvalue weighted by Gasteiger charge is -2.26. The van der Waals surface area contributed by atoms with E-state index in [1.54, 1.807) is 54.7 Å². The minimum absolute atomic E-state index is 0.256. The first kappa shape index (κ1) is 17.3. The summed E-state index contributed by atoms with van der Waals surface area (Å²) in [7, 11) is -3.48. The number of rotatable bonds is 4. The summed E-state index contributed by atoms with van der Waals surface area (Å²) in [6, 6.07) is 15.6. The standard InChI is InChI=1S/C18H17N3O3S/c19-13-15-1-3-16(4-2-15)14-20-17-5-7-18(8-6-17)25(22,23)21-9-11-24-12-10-21/h1-8,14H,9-12H2. The van der Waals surface area contributed by atoms with Crippen molar-refractivity contribution in [1.29, 1.82) is 5.26 Å². The summed E-state index contributed by atoms with van der Waals surface area (Å²) >= 11 is 0. The van der Waals surface area contributed by atoms with Gasteiger partial charge in [-0.2, -0.15) is 9.57 Å². The summed E-state index contributed by atoms with van der Waals surface area (Å²) in [5, 5.41) is 8.78. The Hall–Kier alpha value is -2.53. The molecule has 0 aliphatic carbocycles. The molecule has 0 atom stereocenters. The second kappa shape index (κ2) is 7.57. The molecule has 2 aromatic rings. The van der Waals surface area contributed by atoms with Crippen molar-refractivity contribution in [3.8, 4) is 6.07 Å². The van der Waals surface area contributed by atoms with E-state index in [9.17, 15) is 8.42 Å². The van der Waals surface area contributed by atoms with Crippen LogP contribution in [0.4, 0.5) is 5.69 Å². The molecular formula is C18H17N3O3S. The van der Waals surface area contributed by atoms with Crippen molar-refractivity contribution in [1.82, 2.24) is 4.31 Å². The summed E-state index contributed by atoms with van der Waals surface area (Å²) in [6.07, 6.45) is 1.67. The van der Waals surface area contributed by atoms with E-state index in [0.717, 1.165) is 5.56 Å². The molecule has 1 fully saturated rings. The Morgan fingerprint density at radius 1 is 1.04 bits per heavy atom. The number of nitrogens with zero attached hydrogens (tertiary/aromatic N) is 3. The Kier molecular flexibility index (Phi) is 5.24. The highest BCUT2D eigenvalue weighted by atomic mass is 32.2. The molecule has 25 heavy (non-hydrogen) atoms. The van der Waals surface area contributed by atoms with Crippen molar-refractivity contribution in [2.45, 2.75) is 4.90 Å². The maximum absolute atomic E-state index is 12.5. The zero-order valence-corrected chi connectivity index (χ0v) is 14.3. The molecule has 0 bridgehead atoms. The van der Waals surface area contributed by atoms with Gasteiger partial charge in [-0.05, 0) is 42.0 Å². The molecule has 1 saturated heterocycles. The second-order valence-corrected chi connectivity index (χ2v) is 7.44. The SMILES string of the molecule is N#Cc1ccc(C=Nc2ccc(S(=O)(=O)N3CCOCC3)cc2)cc1. The molecule has 0 unspecified atom stereocenters. The van der Waals surface area contributed by atoms with Gasteiger partial charge in [0.05, 0.1) is 35.4 Å². The summed E-state index contributed by atoms with van der Waals surface area (Å²) in [5.74, 6) is 0. The molecule has 1 heterocycles. The maximum atomic E-state index is 12.5. The average Bonchev–Trinajstić information content (AvgIpc) is 2.68. The number of morpholine rings is 1. The van der Waals surface area contributed by atoms with Gasteiger partial charge in [0.1, 0.15) is 0 Å². The highest BCUT2D eigenvalue weighted by molar-refractivity contribution is 7.89. The van der Waals surface area contributed by atoms with Crippen LogP contribution in [0, 0.1) is 11.3 Å². The smallest absolute Gasteiger partial charge is 0.243 e. The number of nitriles is 1. The fraction of sp³-hybridized carbons (Fsp3) is 0.222. The van der Waals surface area contributed by atoms with Gasteiger partial charge in [0, 0.05) is 19.3 Å². The van der Waals surface area contributed by atoms with E-state index in [-0.39, 0.29) is 4.90 Å². The van der Waals surface area contributed by atoms with Crippen LogP contribution in [0.25, 0.3) is 0 Å². The van der Waals surface area contributed by atoms with Crippen LogP contribution < -0.4 is 0 Å². The maximum Gasteiger partial charge on any atom is 0.243 e. The summed E-state index contributed by atoms with van der Waals surface area (Å²) in [6.45, 7) is 1.60. The van der Waals surface area contributed by atoms with Crippen LogP contribution in [0.5, 0.6) is 0 Å². The largest absolute Gasteiger partial charge is 0.379 e. The van der Waals surface area contributed by atoms with Crippen LogP contribution in [0.3, 0.4) is 0 Å². The Morgan fingerprint density at radius 2 is 1.68 bits per heavy atom. The van der Waals surface area contributed by atoms with Gasteiger partial charge in [-0.15, -0.1) is 0 Å². The minimum Gasteiger partial charge on any atom is -0.379 e. The molecule has 0 N–H and O–H groups in total. The van der Waals surface area contributed by atoms with Crippen molar-refractivity contribution in [2.24, 2.45) is 4.99 Å². The fourth-order valence-electron chi connectivity index (χ4n) is 2.43. The predicted octanol–water partition coefficient (Wildman–Crippen LogP) is 2.33. The monoisotopic (exact) mass is 355 g/mol. The van der Waals surface area contributed by atoms with Gasteiger partial charge >= 0.3 is 0 Å². The molecule has 7 heteroatoms. The molecule has 0 aromatic heterocycles. The number of hydrogen-bond acceptors (Lipinski definition) is 5. The van der Waals surface area contributed by atoms with E-state index in [2.05, 4.69) is 11.1 Å². The first-order valence-corrected chi connectivity index (χ1v) is 9.26. The molecule has 6 nitrogen and oxygen atoms in total. The van der Waals surface area contributed by atoms with Crippen molar-refractivity contribution >= 4 is 21.9 Å². The van der Waals surface area contributed by atoms with Gasteiger partial charge in [0.25, 0.3) is 0 Å². The average molecular weight is 355 g/mol. The minimum atomic E-state index is -3.48. The van der Waals surface area contributed by atoms with Gasteiger partial charge in [0.2, 0.25) is 10.0 Å². The Balaban J connectivity index is 1.73. The lowest BCUT2D eigenvalue weighted by atomic mass is 10.2.